The van der Waals surface area contributed by atoms with Crippen molar-refractivity contribution in [1.82, 2.24) is 5.32 Å². The third-order valence-electron chi connectivity index (χ3n) is 3.51. The highest BCUT2D eigenvalue weighted by Gasteiger charge is 2.19. The zero-order chi connectivity index (χ0) is 19.8. The van der Waals surface area contributed by atoms with E-state index in [2.05, 4.69) is 10.6 Å². The van der Waals surface area contributed by atoms with Crippen molar-refractivity contribution in [3.63, 3.8) is 0 Å². The van der Waals surface area contributed by atoms with E-state index in [1.54, 1.807) is 48.5 Å². The lowest BCUT2D eigenvalue weighted by Crippen LogP contribution is -2.35. The van der Waals surface area contributed by atoms with Gasteiger partial charge in [0.2, 0.25) is 0 Å². The standard InChI is InChI=1S/C19H19ClN2O5/c1-12(18(24)22-14-7-5-6-13(20)10-14)27-17(23)11-21-19(25)15-8-3-4-9-16(15)26-2/h3-10,12H,11H2,1-2H3,(H,21,25)(H,22,24). The molecule has 0 heterocycles. The molecular formula is C19H19ClN2O5. The molecule has 7 nitrogen and oxygen atoms in total. The van der Waals surface area contributed by atoms with E-state index in [0.29, 0.717) is 22.0 Å². The highest BCUT2D eigenvalue weighted by molar-refractivity contribution is 6.30. The molecule has 2 rings (SSSR count). The second-order valence-electron chi connectivity index (χ2n) is 5.51. The van der Waals surface area contributed by atoms with Crippen molar-refractivity contribution in [3.8, 4) is 5.75 Å². The Bertz CT molecular complexity index is 840. The van der Waals surface area contributed by atoms with Crippen molar-refractivity contribution in [1.29, 1.82) is 0 Å². The summed E-state index contributed by atoms with van der Waals surface area (Å²) in [5.74, 6) is -1.35. The van der Waals surface area contributed by atoms with Gasteiger partial charge < -0.3 is 20.1 Å². The maximum atomic E-state index is 12.1. The highest BCUT2D eigenvalue weighted by Crippen LogP contribution is 2.17. The molecule has 2 amide bonds. The highest BCUT2D eigenvalue weighted by atomic mass is 35.5. The number of benzene rings is 2. The van der Waals surface area contributed by atoms with E-state index in [4.69, 9.17) is 21.1 Å². The molecule has 2 aromatic carbocycles. The Kier molecular flexibility index (Phi) is 7.19. The molecule has 0 bridgehead atoms. The number of carbonyl (C=O) groups excluding carboxylic acids is 3. The molecule has 0 saturated carbocycles. The molecule has 8 heteroatoms. The van der Waals surface area contributed by atoms with Gasteiger partial charge in [-0.3, -0.25) is 14.4 Å². The van der Waals surface area contributed by atoms with Crippen LogP contribution in [0.2, 0.25) is 5.02 Å². The SMILES string of the molecule is COc1ccccc1C(=O)NCC(=O)OC(C)C(=O)Nc1cccc(Cl)c1. The van der Waals surface area contributed by atoms with Crippen molar-refractivity contribution < 1.29 is 23.9 Å². The summed E-state index contributed by atoms with van der Waals surface area (Å²) in [4.78, 5) is 36.1. The lowest BCUT2D eigenvalue weighted by molar-refractivity contribution is -0.152. The van der Waals surface area contributed by atoms with Crippen LogP contribution in [0.1, 0.15) is 17.3 Å². The molecule has 2 aromatic rings. The van der Waals surface area contributed by atoms with Crippen molar-refractivity contribution in [2.24, 2.45) is 0 Å². The lowest BCUT2D eigenvalue weighted by Gasteiger charge is -2.14. The van der Waals surface area contributed by atoms with E-state index >= 15 is 0 Å². The molecule has 0 aliphatic carbocycles. The van der Waals surface area contributed by atoms with Crippen molar-refractivity contribution in [2.75, 3.05) is 19.0 Å². The molecule has 142 valence electrons. The van der Waals surface area contributed by atoms with E-state index in [0.717, 1.165) is 0 Å². The Morgan fingerprint density at radius 1 is 1.11 bits per heavy atom. The van der Waals surface area contributed by atoms with Gasteiger partial charge in [0.15, 0.2) is 6.10 Å². The first-order valence-electron chi connectivity index (χ1n) is 8.08. The summed E-state index contributed by atoms with van der Waals surface area (Å²) in [6.45, 7) is 1.05. The Hall–Kier alpha value is -3.06. The van der Waals surface area contributed by atoms with E-state index in [-0.39, 0.29) is 6.54 Å². The van der Waals surface area contributed by atoms with Gasteiger partial charge in [-0.15, -0.1) is 0 Å². The molecule has 1 atom stereocenters. The molecule has 1 unspecified atom stereocenters. The second kappa shape index (κ2) is 9.59. The summed E-state index contributed by atoms with van der Waals surface area (Å²) >= 11 is 5.85. The average molecular weight is 391 g/mol. The number of para-hydroxylation sites is 1. The van der Waals surface area contributed by atoms with Gasteiger partial charge in [0.25, 0.3) is 11.8 Å². The zero-order valence-corrected chi connectivity index (χ0v) is 15.6. The Labute approximate surface area is 161 Å². The third-order valence-corrected chi connectivity index (χ3v) is 3.75. The summed E-state index contributed by atoms with van der Waals surface area (Å²) in [6.07, 6.45) is -1.04. The minimum Gasteiger partial charge on any atom is -0.496 e. The van der Waals surface area contributed by atoms with E-state index in [1.165, 1.54) is 14.0 Å². The topological polar surface area (TPSA) is 93.7 Å². The summed E-state index contributed by atoms with van der Waals surface area (Å²) in [7, 11) is 1.45. The minimum absolute atomic E-state index is 0.291. The molecule has 27 heavy (non-hydrogen) atoms. The van der Waals surface area contributed by atoms with Crippen LogP contribution >= 0.6 is 11.6 Å². The van der Waals surface area contributed by atoms with Crippen molar-refractivity contribution >= 4 is 35.1 Å². The molecular weight excluding hydrogens is 372 g/mol. The third kappa shape index (κ3) is 6.00. The van der Waals surface area contributed by atoms with Gasteiger partial charge in [-0.1, -0.05) is 29.8 Å². The summed E-state index contributed by atoms with van der Waals surface area (Å²) in [5.41, 5.74) is 0.777. The fraction of sp³-hybridized carbons (Fsp3) is 0.211. The maximum absolute atomic E-state index is 12.1. The molecule has 2 N–H and O–H groups in total. The zero-order valence-electron chi connectivity index (χ0n) is 14.8. The van der Waals surface area contributed by atoms with Gasteiger partial charge in [0, 0.05) is 10.7 Å². The second-order valence-corrected chi connectivity index (χ2v) is 5.95. The van der Waals surface area contributed by atoms with Gasteiger partial charge in [0.1, 0.15) is 12.3 Å². The first-order chi connectivity index (χ1) is 12.9. The van der Waals surface area contributed by atoms with E-state index < -0.39 is 23.9 Å². The van der Waals surface area contributed by atoms with Gasteiger partial charge in [-0.05, 0) is 37.3 Å². The van der Waals surface area contributed by atoms with Crippen LogP contribution in [0.15, 0.2) is 48.5 Å². The normalized spacial score (nSPS) is 11.2. The number of carbonyl (C=O) groups is 3. The largest absolute Gasteiger partial charge is 0.496 e. The number of methoxy groups -OCH3 is 1. The number of rotatable bonds is 7. The lowest BCUT2D eigenvalue weighted by atomic mass is 10.2. The van der Waals surface area contributed by atoms with E-state index in [1.807, 2.05) is 0 Å². The summed E-state index contributed by atoms with van der Waals surface area (Å²) in [6, 6.07) is 13.2. The molecule has 0 aliphatic heterocycles. The predicted octanol–water partition coefficient (Wildman–Crippen LogP) is 2.65. The van der Waals surface area contributed by atoms with Crippen LogP contribution in [-0.2, 0) is 14.3 Å². The Morgan fingerprint density at radius 3 is 2.56 bits per heavy atom. The summed E-state index contributed by atoms with van der Waals surface area (Å²) in [5, 5.41) is 5.49. The van der Waals surface area contributed by atoms with Crippen LogP contribution < -0.4 is 15.4 Å². The number of anilines is 1. The quantitative estimate of drug-likeness (QED) is 0.709. The number of hydrogen-bond acceptors (Lipinski definition) is 5. The van der Waals surface area contributed by atoms with Gasteiger partial charge in [-0.2, -0.15) is 0 Å². The minimum atomic E-state index is -1.04. The smallest absolute Gasteiger partial charge is 0.326 e. The van der Waals surface area contributed by atoms with Crippen LogP contribution in [0.5, 0.6) is 5.75 Å². The summed E-state index contributed by atoms with van der Waals surface area (Å²) < 4.78 is 10.1. The molecule has 0 aliphatic rings. The molecule has 0 fully saturated rings. The number of esters is 1. The molecule has 0 saturated heterocycles. The van der Waals surface area contributed by atoms with Gasteiger partial charge in [-0.25, -0.2) is 0 Å². The molecule has 0 spiro atoms. The van der Waals surface area contributed by atoms with Crippen LogP contribution in [0.3, 0.4) is 0 Å². The maximum Gasteiger partial charge on any atom is 0.326 e. The Morgan fingerprint density at radius 2 is 1.85 bits per heavy atom. The number of amides is 2. The Balaban J connectivity index is 1.84. The predicted molar refractivity (Wildman–Crippen MR) is 101 cm³/mol. The van der Waals surface area contributed by atoms with Crippen LogP contribution in [-0.4, -0.2) is 37.5 Å². The fourth-order valence-electron chi connectivity index (χ4n) is 2.18. The van der Waals surface area contributed by atoms with Crippen LogP contribution in [0.4, 0.5) is 5.69 Å². The van der Waals surface area contributed by atoms with Crippen LogP contribution in [0.25, 0.3) is 0 Å². The molecule has 0 aromatic heterocycles. The average Bonchev–Trinajstić information content (AvgIpc) is 2.66. The number of halogens is 1. The van der Waals surface area contributed by atoms with Gasteiger partial charge >= 0.3 is 5.97 Å². The molecule has 0 radical (unpaired) electrons. The number of hydrogen-bond donors (Lipinski definition) is 2. The first kappa shape index (κ1) is 20.3. The first-order valence-corrected chi connectivity index (χ1v) is 8.45. The van der Waals surface area contributed by atoms with Crippen LogP contribution in [0, 0.1) is 0 Å². The number of nitrogens with one attached hydrogen (secondary N) is 2. The van der Waals surface area contributed by atoms with E-state index in [9.17, 15) is 14.4 Å². The fourth-order valence-corrected chi connectivity index (χ4v) is 2.37. The van der Waals surface area contributed by atoms with Crippen molar-refractivity contribution in [2.45, 2.75) is 13.0 Å². The monoisotopic (exact) mass is 390 g/mol. The number of ether oxygens (including phenoxy) is 2. The van der Waals surface area contributed by atoms with Gasteiger partial charge in [0.05, 0.1) is 12.7 Å². The van der Waals surface area contributed by atoms with Crippen molar-refractivity contribution in [3.05, 3.63) is 59.1 Å².